The van der Waals surface area contributed by atoms with Crippen LogP contribution in [0.25, 0.3) is 10.8 Å². The van der Waals surface area contributed by atoms with Crippen LogP contribution in [0.4, 0.5) is 4.39 Å². The van der Waals surface area contributed by atoms with Gasteiger partial charge in [0.15, 0.2) is 0 Å². The molecule has 3 aromatic carbocycles. The van der Waals surface area contributed by atoms with E-state index in [1.165, 1.54) is 6.07 Å². The number of hydrogen-bond acceptors (Lipinski definition) is 1. The highest BCUT2D eigenvalue weighted by Gasteiger charge is 2.16. The first-order chi connectivity index (χ1) is 10.1. The van der Waals surface area contributed by atoms with Gasteiger partial charge in [-0.3, -0.25) is 0 Å². The van der Waals surface area contributed by atoms with Crippen LogP contribution >= 0.6 is 11.6 Å². The highest BCUT2D eigenvalue weighted by molar-refractivity contribution is 6.31. The molecule has 0 bridgehead atoms. The minimum atomic E-state index is -0.339. The Labute approximate surface area is 128 Å². The molecule has 21 heavy (non-hydrogen) atoms. The number of halogens is 2. The van der Waals surface area contributed by atoms with Crippen LogP contribution in [0, 0.1) is 12.7 Å². The molecule has 106 valence electrons. The van der Waals surface area contributed by atoms with Crippen LogP contribution in [0.5, 0.6) is 0 Å². The van der Waals surface area contributed by atoms with Crippen LogP contribution in [0.15, 0.2) is 54.6 Å². The topological polar surface area (TPSA) is 26.0 Å². The fourth-order valence-electron chi connectivity index (χ4n) is 2.69. The van der Waals surface area contributed by atoms with E-state index < -0.39 is 0 Å². The van der Waals surface area contributed by atoms with Crippen molar-refractivity contribution in [1.29, 1.82) is 0 Å². The molecule has 1 nitrogen and oxygen atoms in total. The van der Waals surface area contributed by atoms with E-state index >= 15 is 0 Å². The van der Waals surface area contributed by atoms with Crippen LogP contribution in [0.1, 0.15) is 22.7 Å². The van der Waals surface area contributed by atoms with E-state index in [4.69, 9.17) is 17.3 Å². The zero-order chi connectivity index (χ0) is 15.0. The largest absolute Gasteiger partial charge is 0.320 e. The van der Waals surface area contributed by atoms with Gasteiger partial charge in [0.05, 0.1) is 6.04 Å². The average molecular weight is 300 g/mol. The van der Waals surface area contributed by atoms with Crippen LogP contribution < -0.4 is 5.73 Å². The Kier molecular flexibility index (Phi) is 3.66. The van der Waals surface area contributed by atoms with Crippen molar-refractivity contribution in [2.45, 2.75) is 13.0 Å². The molecule has 0 fully saturated rings. The first-order valence-electron chi connectivity index (χ1n) is 6.77. The van der Waals surface area contributed by atoms with Crippen molar-refractivity contribution in [3.05, 3.63) is 82.1 Å². The first-order valence-corrected chi connectivity index (χ1v) is 7.15. The highest BCUT2D eigenvalue weighted by Crippen LogP contribution is 2.32. The van der Waals surface area contributed by atoms with Gasteiger partial charge in [0.1, 0.15) is 5.82 Å². The Morgan fingerprint density at radius 2 is 1.62 bits per heavy atom. The minimum absolute atomic E-state index is 0.232. The lowest BCUT2D eigenvalue weighted by atomic mass is 9.92. The maximum absolute atomic E-state index is 13.9. The van der Waals surface area contributed by atoms with Gasteiger partial charge in [-0.05, 0) is 41.1 Å². The molecule has 0 saturated carbocycles. The van der Waals surface area contributed by atoms with Gasteiger partial charge in [0.2, 0.25) is 0 Å². The Morgan fingerprint density at radius 3 is 2.38 bits per heavy atom. The Hall–Kier alpha value is -1.90. The molecule has 2 N–H and O–H groups in total. The molecule has 3 heteroatoms. The fourth-order valence-corrected chi connectivity index (χ4v) is 2.87. The van der Waals surface area contributed by atoms with Gasteiger partial charge in [0.25, 0.3) is 0 Å². The zero-order valence-corrected chi connectivity index (χ0v) is 12.4. The summed E-state index contributed by atoms with van der Waals surface area (Å²) in [6, 6.07) is 16.0. The Bertz CT molecular complexity index is 813. The monoisotopic (exact) mass is 299 g/mol. The highest BCUT2D eigenvalue weighted by atomic mass is 35.5. The van der Waals surface area contributed by atoms with Crippen LogP contribution in [0.3, 0.4) is 0 Å². The Balaban J connectivity index is 2.21. The van der Waals surface area contributed by atoms with E-state index in [0.717, 1.165) is 22.1 Å². The third-order valence-corrected chi connectivity index (χ3v) is 4.29. The van der Waals surface area contributed by atoms with Crippen molar-refractivity contribution in [2.24, 2.45) is 5.73 Å². The van der Waals surface area contributed by atoms with Crippen molar-refractivity contribution in [3.63, 3.8) is 0 Å². The molecule has 0 aliphatic heterocycles. The molecule has 0 radical (unpaired) electrons. The summed E-state index contributed by atoms with van der Waals surface area (Å²) in [6.45, 7) is 1.95. The van der Waals surface area contributed by atoms with E-state index in [2.05, 4.69) is 0 Å². The molecular formula is C18H15ClFN. The summed E-state index contributed by atoms with van der Waals surface area (Å²) in [5.41, 5.74) is 9.24. The number of benzene rings is 3. The second-order valence-corrected chi connectivity index (χ2v) is 5.52. The summed E-state index contributed by atoms with van der Waals surface area (Å²) in [6.07, 6.45) is 0. The van der Waals surface area contributed by atoms with E-state index in [1.807, 2.05) is 43.3 Å². The van der Waals surface area contributed by atoms with Crippen molar-refractivity contribution >= 4 is 22.4 Å². The molecule has 0 aromatic heterocycles. The second-order valence-electron chi connectivity index (χ2n) is 5.11. The molecule has 3 rings (SSSR count). The summed E-state index contributed by atoms with van der Waals surface area (Å²) >= 11 is 6.17. The Morgan fingerprint density at radius 1 is 0.905 bits per heavy atom. The van der Waals surface area contributed by atoms with Crippen molar-refractivity contribution in [2.75, 3.05) is 0 Å². The minimum Gasteiger partial charge on any atom is -0.320 e. The number of hydrogen-bond donors (Lipinski definition) is 1. The molecule has 0 heterocycles. The second kappa shape index (κ2) is 5.47. The van der Waals surface area contributed by atoms with Gasteiger partial charge in [-0.2, -0.15) is 0 Å². The van der Waals surface area contributed by atoms with E-state index in [0.29, 0.717) is 10.4 Å². The molecule has 0 spiro atoms. The van der Waals surface area contributed by atoms with Gasteiger partial charge in [-0.15, -0.1) is 0 Å². The first kappa shape index (κ1) is 14.1. The van der Waals surface area contributed by atoms with Crippen molar-refractivity contribution < 1.29 is 4.39 Å². The molecule has 0 saturated heterocycles. The molecule has 1 unspecified atom stereocenters. The third kappa shape index (κ3) is 2.41. The predicted octanol–water partition coefficient (Wildman–Crippen LogP) is 4.99. The van der Waals surface area contributed by atoms with Gasteiger partial charge in [-0.25, -0.2) is 4.39 Å². The summed E-state index contributed by atoms with van der Waals surface area (Å²) in [5, 5.41) is 2.11. The number of rotatable bonds is 2. The molecule has 0 aliphatic carbocycles. The van der Waals surface area contributed by atoms with Crippen LogP contribution in [-0.4, -0.2) is 0 Å². The van der Waals surface area contributed by atoms with E-state index in [9.17, 15) is 4.39 Å². The van der Waals surface area contributed by atoms with Gasteiger partial charge in [0, 0.05) is 10.4 Å². The quantitative estimate of drug-likeness (QED) is 0.709. The summed E-state index contributed by atoms with van der Waals surface area (Å²) < 4.78 is 13.9. The summed E-state index contributed by atoms with van der Waals surface area (Å²) in [5.74, 6) is -0.232. The molecule has 3 aromatic rings. The average Bonchev–Trinajstić information content (AvgIpc) is 2.50. The van der Waals surface area contributed by atoms with Gasteiger partial charge in [-0.1, -0.05) is 54.1 Å². The smallest absolute Gasteiger partial charge is 0.131 e. The SMILES string of the molecule is Cc1c(Cl)cccc1C(N)c1ccc(F)c2ccccc12. The molecule has 1 atom stereocenters. The normalized spacial score (nSPS) is 12.6. The van der Waals surface area contributed by atoms with E-state index in [-0.39, 0.29) is 11.9 Å². The van der Waals surface area contributed by atoms with Gasteiger partial charge < -0.3 is 5.73 Å². The lowest BCUT2D eigenvalue weighted by Crippen LogP contribution is -2.14. The molecular weight excluding hydrogens is 285 g/mol. The molecule has 0 aliphatic rings. The van der Waals surface area contributed by atoms with Crippen molar-refractivity contribution in [3.8, 4) is 0 Å². The number of fused-ring (bicyclic) bond motifs is 1. The van der Waals surface area contributed by atoms with Gasteiger partial charge >= 0.3 is 0 Å². The third-order valence-electron chi connectivity index (χ3n) is 3.88. The van der Waals surface area contributed by atoms with Crippen molar-refractivity contribution in [1.82, 2.24) is 0 Å². The van der Waals surface area contributed by atoms with Crippen LogP contribution in [-0.2, 0) is 0 Å². The maximum atomic E-state index is 13.9. The lowest BCUT2D eigenvalue weighted by Gasteiger charge is -2.18. The fraction of sp³-hybridized carbons (Fsp3) is 0.111. The molecule has 0 amide bonds. The van der Waals surface area contributed by atoms with E-state index in [1.54, 1.807) is 12.1 Å². The van der Waals surface area contributed by atoms with Crippen LogP contribution in [0.2, 0.25) is 5.02 Å². The zero-order valence-electron chi connectivity index (χ0n) is 11.6. The summed E-state index contributed by atoms with van der Waals surface area (Å²) in [4.78, 5) is 0. The maximum Gasteiger partial charge on any atom is 0.131 e. The summed E-state index contributed by atoms with van der Waals surface area (Å²) in [7, 11) is 0. The number of nitrogens with two attached hydrogens (primary N) is 1. The standard InChI is InChI=1S/C18H15ClFN/c1-11-12(7-4-8-16(11)19)18(21)15-9-10-17(20)14-6-3-2-5-13(14)15/h2-10,18H,21H2,1H3. The lowest BCUT2D eigenvalue weighted by molar-refractivity contribution is 0.639. The predicted molar refractivity (Wildman–Crippen MR) is 86.1 cm³/mol.